The van der Waals surface area contributed by atoms with Gasteiger partial charge in [0.1, 0.15) is 5.54 Å². The Labute approximate surface area is 115 Å². The molecule has 1 heterocycles. The number of nitrogens with zero attached hydrogens (tertiary/aromatic N) is 1. The predicted molar refractivity (Wildman–Crippen MR) is 74.8 cm³/mol. The molecule has 0 spiro atoms. The maximum absolute atomic E-state index is 11.8. The van der Waals surface area contributed by atoms with Gasteiger partial charge in [-0.2, -0.15) is 0 Å². The standard InChI is InChI=1S/C14H27N3O2/c1-10-6-7-17(8-12(10)19-3)9-14(2,13(15)18)16-11-4-5-11/h10-12,16H,4-9H2,1-3H3,(H2,15,18). The van der Waals surface area contributed by atoms with Gasteiger partial charge >= 0.3 is 0 Å². The highest BCUT2D eigenvalue weighted by Gasteiger charge is 2.39. The largest absolute Gasteiger partial charge is 0.380 e. The summed E-state index contributed by atoms with van der Waals surface area (Å²) in [7, 11) is 1.76. The number of primary amides is 1. The number of nitrogens with one attached hydrogen (secondary N) is 1. The molecule has 3 unspecified atom stereocenters. The van der Waals surface area contributed by atoms with Gasteiger partial charge in [-0.3, -0.25) is 15.0 Å². The van der Waals surface area contributed by atoms with Crippen LogP contribution < -0.4 is 11.1 Å². The Kier molecular flexibility index (Phi) is 4.48. The summed E-state index contributed by atoms with van der Waals surface area (Å²) in [5, 5.41) is 3.40. The summed E-state index contributed by atoms with van der Waals surface area (Å²) in [6.07, 6.45) is 3.67. The maximum atomic E-state index is 11.8. The normalized spacial score (nSPS) is 31.9. The topological polar surface area (TPSA) is 67.6 Å². The Morgan fingerprint density at radius 2 is 2.16 bits per heavy atom. The molecule has 0 radical (unpaired) electrons. The van der Waals surface area contributed by atoms with Crippen molar-refractivity contribution >= 4 is 5.91 Å². The molecule has 1 amide bonds. The molecule has 5 heteroatoms. The molecule has 0 aromatic rings. The lowest BCUT2D eigenvalue weighted by Crippen LogP contribution is -2.62. The first kappa shape index (κ1) is 14.8. The van der Waals surface area contributed by atoms with Crippen molar-refractivity contribution in [1.82, 2.24) is 10.2 Å². The summed E-state index contributed by atoms with van der Waals surface area (Å²) in [4.78, 5) is 14.1. The molecule has 1 aliphatic carbocycles. The highest BCUT2D eigenvalue weighted by molar-refractivity contribution is 5.84. The third-order valence-electron chi connectivity index (χ3n) is 4.46. The zero-order chi connectivity index (χ0) is 14.0. The number of rotatable bonds is 6. The van der Waals surface area contributed by atoms with Crippen LogP contribution in [0.25, 0.3) is 0 Å². The van der Waals surface area contributed by atoms with E-state index in [1.165, 1.54) is 0 Å². The van der Waals surface area contributed by atoms with Gasteiger partial charge in [-0.25, -0.2) is 0 Å². The van der Waals surface area contributed by atoms with Crippen LogP contribution in [0, 0.1) is 5.92 Å². The molecule has 0 bridgehead atoms. The summed E-state index contributed by atoms with van der Waals surface area (Å²) >= 11 is 0. The Bertz CT molecular complexity index is 333. The minimum absolute atomic E-state index is 0.256. The Hall–Kier alpha value is -0.650. The van der Waals surface area contributed by atoms with E-state index in [4.69, 9.17) is 10.5 Å². The van der Waals surface area contributed by atoms with Crippen molar-refractivity contribution < 1.29 is 9.53 Å². The van der Waals surface area contributed by atoms with Crippen molar-refractivity contribution in [3.8, 4) is 0 Å². The van der Waals surface area contributed by atoms with E-state index in [1.807, 2.05) is 6.92 Å². The zero-order valence-corrected chi connectivity index (χ0v) is 12.3. The van der Waals surface area contributed by atoms with E-state index >= 15 is 0 Å². The van der Waals surface area contributed by atoms with Crippen molar-refractivity contribution in [2.24, 2.45) is 11.7 Å². The minimum Gasteiger partial charge on any atom is -0.380 e. The lowest BCUT2D eigenvalue weighted by atomic mass is 9.93. The second-order valence-electron chi connectivity index (χ2n) is 6.39. The van der Waals surface area contributed by atoms with Gasteiger partial charge < -0.3 is 10.5 Å². The monoisotopic (exact) mass is 269 g/mol. The fourth-order valence-electron chi connectivity index (χ4n) is 2.87. The third kappa shape index (κ3) is 3.68. The highest BCUT2D eigenvalue weighted by atomic mass is 16.5. The summed E-state index contributed by atoms with van der Waals surface area (Å²) in [5.74, 6) is 0.324. The summed E-state index contributed by atoms with van der Waals surface area (Å²) < 4.78 is 5.52. The van der Waals surface area contributed by atoms with Crippen LogP contribution in [0.4, 0.5) is 0 Å². The van der Waals surface area contributed by atoms with E-state index in [2.05, 4.69) is 17.1 Å². The van der Waals surface area contributed by atoms with Gasteiger partial charge in [0.2, 0.25) is 5.91 Å². The maximum Gasteiger partial charge on any atom is 0.238 e. The Morgan fingerprint density at radius 1 is 1.47 bits per heavy atom. The fraction of sp³-hybridized carbons (Fsp3) is 0.929. The van der Waals surface area contributed by atoms with Crippen molar-refractivity contribution in [3.63, 3.8) is 0 Å². The SMILES string of the molecule is COC1CN(CC(C)(NC2CC2)C(N)=O)CCC1C. The van der Waals surface area contributed by atoms with Crippen molar-refractivity contribution in [2.45, 2.75) is 50.8 Å². The van der Waals surface area contributed by atoms with E-state index < -0.39 is 5.54 Å². The molecule has 5 nitrogen and oxygen atoms in total. The van der Waals surface area contributed by atoms with Crippen LogP contribution in [0.1, 0.15) is 33.1 Å². The predicted octanol–water partition coefficient (Wildman–Crippen LogP) is 0.339. The molecule has 2 rings (SSSR count). The van der Waals surface area contributed by atoms with Gasteiger partial charge in [-0.15, -0.1) is 0 Å². The van der Waals surface area contributed by atoms with Crippen molar-refractivity contribution in [3.05, 3.63) is 0 Å². The first-order valence-electron chi connectivity index (χ1n) is 7.27. The Morgan fingerprint density at radius 3 is 2.68 bits per heavy atom. The van der Waals surface area contributed by atoms with Gasteiger partial charge in [0.15, 0.2) is 0 Å². The van der Waals surface area contributed by atoms with Crippen LogP contribution in [0.2, 0.25) is 0 Å². The van der Waals surface area contributed by atoms with E-state index in [-0.39, 0.29) is 12.0 Å². The van der Waals surface area contributed by atoms with Crippen LogP contribution in [-0.4, -0.2) is 55.2 Å². The molecule has 2 fully saturated rings. The second kappa shape index (κ2) is 5.77. The van der Waals surface area contributed by atoms with Crippen LogP contribution >= 0.6 is 0 Å². The number of hydrogen-bond acceptors (Lipinski definition) is 4. The fourth-order valence-corrected chi connectivity index (χ4v) is 2.87. The van der Waals surface area contributed by atoms with Gasteiger partial charge in [-0.05, 0) is 38.6 Å². The summed E-state index contributed by atoms with van der Waals surface area (Å²) in [6.45, 7) is 6.71. The van der Waals surface area contributed by atoms with Gasteiger partial charge in [0, 0.05) is 26.2 Å². The lowest BCUT2D eigenvalue weighted by Gasteiger charge is -2.40. The summed E-state index contributed by atoms with van der Waals surface area (Å²) in [6, 6.07) is 0.472. The number of carbonyl (C=O) groups is 1. The molecule has 2 aliphatic rings. The van der Waals surface area contributed by atoms with Crippen LogP contribution in [0.3, 0.4) is 0 Å². The molecule has 3 N–H and O–H groups in total. The van der Waals surface area contributed by atoms with Crippen LogP contribution in [0.15, 0.2) is 0 Å². The molecule has 19 heavy (non-hydrogen) atoms. The van der Waals surface area contributed by atoms with E-state index in [9.17, 15) is 4.79 Å². The van der Waals surface area contributed by atoms with Crippen LogP contribution in [0.5, 0.6) is 0 Å². The van der Waals surface area contributed by atoms with E-state index in [1.54, 1.807) is 7.11 Å². The quantitative estimate of drug-likeness (QED) is 0.729. The number of hydrogen-bond donors (Lipinski definition) is 2. The van der Waals surface area contributed by atoms with E-state index in [0.717, 1.165) is 32.4 Å². The van der Waals surface area contributed by atoms with Gasteiger partial charge in [0.05, 0.1) is 6.10 Å². The highest BCUT2D eigenvalue weighted by Crippen LogP contribution is 2.25. The van der Waals surface area contributed by atoms with E-state index in [0.29, 0.717) is 18.5 Å². The van der Waals surface area contributed by atoms with Crippen molar-refractivity contribution in [1.29, 1.82) is 0 Å². The number of carbonyl (C=O) groups excluding carboxylic acids is 1. The number of nitrogens with two attached hydrogens (primary N) is 1. The molecule has 0 aromatic carbocycles. The minimum atomic E-state index is -0.625. The summed E-state index contributed by atoms with van der Waals surface area (Å²) in [5.41, 5.74) is 4.97. The molecule has 110 valence electrons. The molecule has 1 aliphatic heterocycles. The third-order valence-corrected chi connectivity index (χ3v) is 4.46. The number of ether oxygens (including phenoxy) is 1. The lowest BCUT2D eigenvalue weighted by molar-refractivity contribution is -0.125. The van der Waals surface area contributed by atoms with Crippen molar-refractivity contribution in [2.75, 3.05) is 26.7 Å². The van der Waals surface area contributed by atoms with Gasteiger partial charge in [-0.1, -0.05) is 6.92 Å². The average molecular weight is 269 g/mol. The molecule has 3 atom stereocenters. The van der Waals surface area contributed by atoms with Crippen LogP contribution in [-0.2, 0) is 9.53 Å². The molecule has 0 aromatic heterocycles. The number of piperidine rings is 1. The molecule has 1 saturated carbocycles. The molecular formula is C14H27N3O2. The Balaban J connectivity index is 1.95. The molecular weight excluding hydrogens is 242 g/mol. The number of methoxy groups -OCH3 is 1. The smallest absolute Gasteiger partial charge is 0.238 e. The average Bonchev–Trinajstić information content (AvgIpc) is 3.15. The van der Waals surface area contributed by atoms with Gasteiger partial charge in [0.25, 0.3) is 0 Å². The first-order valence-corrected chi connectivity index (χ1v) is 7.27. The number of amides is 1. The molecule has 1 saturated heterocycles. The second-order valence-corrected chi connectivity index (χ2v) is 6.39. The first-order chi connectivity index (χ1) is 8.94. The number of likely N-dealkylation sites (tertiary alicyclic amines) is 1. The zero-order valence-electron chi connectivity index (χ0n) is 12.3.